The van der Waals surface area contributed by atoms with E-state index in [1.54, 1.807) is 0 Å². The molecule has 88 valence electrons. The normalized spacial score (nSPS) is 27.9. The van der Waals surface area contributed by atoms with E-state index in [4.69, 9.17) is 0 Å². The van der Waals surface area contributed by atoms with E-state index in [0.29, 0.717) is 5.41 Å². The molecule has 1 fully saturated rings. The summed E-state index contributed by atoms with van der Waals surface area (Å²) in [5.41, 5.74) is 1.94. The van der Waals surface area contributed by atoms with E-state index in [0.717, 1.165) is 0 Å². The fourth-order valence-corrected chi connectivity index (χ4v) is 3.00. The number of hydrogen-bond donors (Lipinski definition) is 0. The van der Waals surface area contributed by atoms with Crippen LogP contribution in [0.4, 0.5) is 0 Å². The second kappa shape index (κ2) is 5.69. The van der Waals surface area contributed by atoms with E-state index in [9.17, 15) is 0 Å². The summed E-state index contributed by atoms with van der Waals surface area (Å²) in [7, 11) is 2.27. The molecule has 0 aromatic rings. The smallest absolute Gasteiger partial charge is 0.00350 e. The molecule has 0 saturated carbocycles. The minimum absolute atomic E-state index is 0.598. The SMILES string of the molecule is C=C(C)CCC1(CCC)CCCN(C)C1. The van der Waals surface area contributed by atoms with E-state index in [-0.39, 0.29) is 0 Å². The van der Waals surface area contributed by atoms with Crippen LogP contribution in [0.1, 0.15) is 52.4 Å². The fourth-order valence-electron chi connectivity index (χ4n) is 3.00. The van der Waals surface area contributed by atoms with Crippen LogP contribution in [0.3, 0.4) is 0 Å². The second-order valence-corrected chi connectivity index (χ2v) is 5.55. The predicted molar refractivity (Wildman–Crippen MR) is 68.1 cm³/mol. The lowest BCUT2D eigenvalue weighted by atomic mass is 9.72. The van der Waals surface area contributed by atoms with Crippen LogP contribution in [-0.2, 0) is 0 Å². The van der Waals surface area contributed by atoms with Crippen molar-refractivity contribution in [3.63, 3.8) is 0 Å². The van der Waals surface area contributed by atoms with Crippen LogP contribution in [0.5, 0.6) is 0 Å². The van der Waals surface area contributed by atoms with Gasteiger partial charge in [0.25, 0.3) is 0 Å². The number of likely N-dealkylation sites (tertiary alicyclic amines) is 1. The Morgan fingerprint density at radius 2 is 2.13 bits per heavy atom. The topological polar surface area (TPSA) is 3.24 Å². The Hall–Kier alpha value is -0.300. The fraction of sp³-hybridized carbons (Fsp3) is 0.857. The maximum Gasteiger partial charge on any atom is 0.00350 e. The molecule has 1 heteroatoms. The minimum Gasteiger partial charge on any atom is -0.306 e. The van der Waals surface area contributed by atoms with Gasteiger partial charge in [0.05, 0.1) is 0 Å². The summed E-state index contributed by atoms with van der Waals surface area (Å²) < 4.78 is 0. The predicted octanol–water partition coefficient (Wildman–Crippen LogP) is 3.85. The number of piperidine rings is 1. The zero-order valence-corrected chi connectivity index (χ0v) is 10.8. The summed E-state index contributed by atoms with van der Waals surface area (Å²) >= 11 is 0. The van der Waals surface area contributed by atoms with Crippen LogP contribution in [-0.4, -0.2) is 25.0 Å². The number of rotatable bonds is 5. The molecule has 0 spiro atoms. The molecule has 0 bridgehead atoms. The first-order valence-electron chi connectivity index (χ1n) is 6.41. The van der Waals surface area contributed by atoms with Crippen molar-refractivity contribution < 1.29 is 0 Å². The van der Waals surface area contributed by atoms with Gasteiger partial charge in [-0.15, -0.1) is 6.58 Å². The van der Waals surface area contributed by atoms with Crippen molar-refractivity contribution in [2.24, 2.45) is 5.41 Å². The van der Waals surface area contributed by atoms with Crippen LogP contribution >= 0.6 is 0 Å². The molecule has 0 radical (unpaired) electrons. The van der Waals surface area contributed by atoms with Gasteiger partial charge in [0.15, 0.2) is 0 Å². The van der Waals surface area contributed by atoms with E-state index < -0.39 is 0 Å². The van der Waals surface area contributed by atoms with E-state index in [1.165, 1.54) is 57.2 Å². The van der Waals surface area contributed by atoms with Crippen molar-refractivity contribution in [2.45, 2.75) is 52.4 Å². The number of allylic oxidation sites excluding steroid dienone is 1. The average molecular weight is 209 g/mol. The Morgan fingerprint density at radius 3 is 2.67 bits per heavy atom. The molecule has 0 aromatic heterocycles. The van der Waals surface area contributed by atoms with Gasteiger partial charge in [-0.05, 0) is 58.0 Å². The highest BCUT2D eigenvalue weighted by atomic mass is 15.1. The van der Waals surface area contributed by atoms with E-state index >= 15 is 0 Å². The number of hydrogen-bond acceptors (Lipinski definition) is 1. The quantitative estimate of drug-likeness (QED) is 0.622. The maximum absolute atomic E-state index is 4.04. The zero-order chi connectivity index (χ0) is 11.3. The van der Waals surface area contributed by atoms with Crippen molar-refractivity contribution in [1.29, 1.82) is 0 Å². The van der Waals surface area contributed by atoms with Crippen LogP contribution in [0.25, 0.3) is 0 Å². The summed E-state index contributed by atoms with van der Waals surface area (Å²) in [6.45, 7) is 11.1. The largest absolute Gasteiger partial charge is 0.306 e. The molecule has 1 rings (SSSR count). The molecule has 1 aliphatic rings. The van der Waals surface area contributed by atoms with Gasteiger partial charge >= 0.3 is 0 Å². The van der Waals surface area contributed by atoms with Gasteiger partial charge in [-0.1, -0.05) is 18.9 Å². The first-order valence-corrected chi connectivity index (χ1v) is 6.41. The van der Waals surface area contributed by atoms with Gasteiger partial charge in [0, 0.05) is 6.54 Å². The first kappa shape index (κ1) is 12.8. The number of nitrogens with zero attached hydrogens (tertiary/aromatic N) is 1. The molecular weight excluding hydrogens is 182 g/mol. The summed E-state index contributed by atoms with van der Waals surface area (Å²) in [4.78, 5) is 2.51. The molecule has 0 aliphatic carbocycles. The molecule has 0 amide bonds. The molecule has 1 nitrogen and oxygen atoms in total. The summed E-state index contributed by atoms with van der Waals surface area (Å²) in [5.74, 6) is 0. The first-order chi connectivity index (χ1) is 7.08. The summed E-state index contributed by atoms with van der Waals surface area (Å²) in [5, 5.41) is 0. The van der Waals surface area contributed by atoms with Crippen molar-refractivity contribution >= 4 is 0 Å². The van der Waals surface area contributed by atoms with Gasteiger partial charge in [0.1, 0.15) is 0 Å². The van der Waals surface area contributed by atoms with Gasteiger partial charge in [-0.25, -0.2) is 0 Å². The third-order valence-corrected chi connectivity index (χ3v) is 3.71. The van der Waals surface area contributed by atoms with E-state index in [1.807, 2.05) is 0 Å². The van der Waals surface area contributed by atoms with Crippen molar-refractivity contribution in [1.82, 2.24) is 4.90 Å². The molecule has 15 heavy (non-hydrogen) atoms. The van der Waals surface area contributed by atoms with Crippen molar-refractivity contribution in [3.8, 4) is 0 Å². The highest BCUT2D eigenvalue weighted by Gasteiger charge is 2.32. The van der Waals surface area contributed by atoms with Gasteiger partial charge in [-0.3, -0.25) is 0 Å². The Balaban J connectivity index is 2.55. The van der Waals surface area contributed by atoms with Gasteiger partial charge in [-0.2, -0.15) is 0 Å². The van der Waals surface area contributed by atoms with E-state index in [2.05, 4.69) is 32.4 Å². The Morgan fingerprint density at radius 1 is 1.40 bits per heavy atom. The highest BCUT2D eigenvalue weighted by molar-refractivity contribution is 4.94. The maximum atomic E-state index is 4.04. The zero-order valence-electron chi connectivity index (χ0n) is 10.8. The Kier molecular flexibility index (Phi) is 4.85. The third kappa shape index (κ3) is 3.98. The lowest BCUT2D eigenvalue weighted by Gasteiger charge is -2.42. The molecule has 1 unspecified atom stereocenters. The van der Waals surface area contributed by atoms with Crippen LogP contribution < -0.4 is 0 Å². The summed E-state index contributed by atoms with van der Waals surface area (Å²) in [6.07, 6.45) is 8.09. The van der Waals surface area contributed by atoms with Gasteiger partial charge < -0.3 is 4.90 Å². The molecule has 1 heterocycles. The molecule has 0 N–H and O–H groups in total. The van der Waals surface area contributed by atoms with Crippen molar-refractivity contribution in [2.75, 3.05) is 20.1 Å². The Labute approximate surface area is 95.5 Å². The lowest BCUT2D eigenvalue weighted by molar-refractivity contribution is 0.0891. The highest BCUT2D eigenvalue weighted by Crippen LogP contribution is 2.39. The van der Waals surface area contributed by atoms with Gasteiger partial charge in [0.2, 0.25) is 0 Å². The summed E-state index contributed by atoms with van der Waals surface area (Å²) in [6, 6.07) is 0. The minimum atomic E-state index is 0.598. The second-order valence-electron chi connectivity index (χ2n) is 5.55. The molecule has 1 aliphatic heterocycles. The van der Waals surface area contributed by atoms with Crippen molar-refractivity contribution in [3.05, 3.63) is 12.2 Å². The monoisotopic (exact) mass is 209 g/mol. The third-order valence-electron chi connectivity index (χ3n) is 3.71. The van der Waals surface area contributed by atoms with Crippen LogP contribution in [0, 0.1) is 5.41 Å². The van der Waals surface area contributed by atoms with Crippen LogP contribution in [0.15, 0.2) is 12.2 Å². The molecule has 1 atom stereocenters. The molecular formula is C14H27N. The average Bonchev–Trinajstić information content (AvgIpc) is 2.15. The van der Waals surface area contributed by atoms with Crippen LogP contribution in [0.2, 0.25) is 0 Å². The lowest BCUT2D eigenvalue weighted by Crippen LogP contribution is -2.41. The molecule has 1 saturated heterocycles. The Bertz CT molecular complexity index is 205. The standard InChI is InChI=1S/C14H27N/c1-5-8-14(10-7-13(2)3)9-6-11-15(4)12-14/h2,5-12H2,1,3-4H3. The molecule has 0 aromatic carbocycles.